The zero-order chi connectivity index (χ0) is 16.2. The zero-order valence-corrected chi connectivity index (χ0v) is 15.0. The summed E-state index contributed by atoms with van der Waals surface area (Å²) in [7, 11) is 0. The summed E-state index contributed by atoms with van der Waals surface area (Å²) in [5, 5.41) is 0.767. The number of ether oxygens (including phenoxy) is 1. The predicted octanol–water partition coefficient (Wildman–Crippen LogP) is 3.99. The number of esters is 1. The van der Waals surface area contributed by atoms with Gasteiger partial charge in [0.2, 0.25) is 0 Å². The molecule has 1 saturated heterocycles. The average Bonchev–Trinajstić information content (AvgIpc) is 2.76. The Morgan fingerprint density at radius 2 is 2.09 bits per heavy atom. The summed E-state index contributed by atoms with van der Waals surface area (Å²) >= 11 is 7.73. The first-order valence-electron chi connectivity index (χ1n) is 7.73. The number of hydrogen-bond donors (Lipinski definition) is 0. The number of halogens is 1. The molecule has 0 aromatic heterocycles. The average molecular weight is 342 g/mol. The molecule has 0 amide bonds. The molecule has 0 saturated carbocycles. The molecule has 1 fully saturated rings. The van der Waals surface area contributed by atoms with E-state index in [1.165, 1.54) is 5.56 Å². The molecular weight excluding hydrogens is 318 g/mol. The van der Waals surface area contributed by atoms with E-state index in [9.17, 15) is 4.79 Å². The van der Waals surface area contributed by atoms with Crippen molar-refractivity contribution in [2.45, 2.75) is 44.4 Å². The van der Waals surface area contributed by atoms with Crippen molar-refractivity contribution in [2.75, 3.05) is 19.0 Å². The maximum absolute atomic E-state index is 12.3. The SMILES string of the molecule is CCOC(=O)C1N(CCCc2ccc(Cl)cc2)CSC1(C)C. The third kappa shape index (κ3) is 4.40. The number of nitrogens with zero attached hydrogens (tertiary/aromatic N) is 1. The van der Waals surface area contributed by atoms with Crippen LogP contribution in [0.1, 0.15) is 32.8 Å². The van der Waals surface area contributed by atoms with Gasteiger partial charge in [-0.3, -0.25) is 9.69 Å². The fraction of sp³-hybridized carbons (Fsp3) is 0.588. The first-order valence-corrected chi connectivity index (χ1v) is 9.09. The maximum atomic E-state index is 12.3. The molecule has 1 aliphatic heterocycles. The largest absolute Gasteiger partial charge is 0.465 e. The molecule has 0 aliphatic carbocycles. The number of carbonyl (C=O) groups excluding carboxylic acids is 1. The Morgan fingerprint density at radius 3 is 2.73 bits per heavy atom. The Balaban J connectivity index is 1.90. The van der Waals surface area contributed by atoms with Crippen molar-refractivity contribution in [3.8, 4) is 0 Å². The van der Waals surface area contributed by atoms with Crippen molar-refractivity contribution >= 4 is 29.3 Å². The van der Waals surface area contributed by atoms with Gasteiger partial charge in [-0.2, -0.15) is 0 Å². The van der Waals surface area contributed by atoms with E-state index in [4.69, 9.17) is 16.3 Å². The summed E-state index contributed by atoms with van der Waals surface area (Å²) in [6.45, 7) is 7.45. The molecule has 0 bridgehead atoms. The molecule has 0 radical (unpaired) electrons. The van der Waals surface area contributed by atoms with Gasteiger partial charge in [-0.15, -0.1) is 11.8 Å². The molecule has 1 aromatic carbocycles. The second-order valence-corrected chi connectivity index (χ2v) is 8.11. The highest BCUT2D eigenvalue weighted by Gasteiger charge is 2.46. The van der Waals surface area contributed by atoms with Crippen LogP contribution in [0.15, 0.2) is 24.3 Å². The summed E-state index contributed by atoms with van der Waals surface area (Å²) in [5.74, 6) is 0.792. The van der Waals surface area contributed by atoms with Crippen LogP contribution in [0.2, 0.25) is 5.02 Å². The third-order valence-corrected chi connectivity index (χ3v) is 5.64. The number of aryl methyl sites for hydroxylation is 1. The highest BCUT2D eigenvalue weighted by molar-refractivity contribution is 8.00. The molecule has 5 heteroatoms. The van der Waals surface area contributed by atoms with Gasteiger partial charge in [-0.05, 0) is 51.3 Å². The third-order valence-electron chi connectivity index (χ3n) is 3.96. The second kappa shape index (κ2) is 7.71. The van der Waals surface area contributed by atoms with Gasteiger partial charge in [-0.1, -0.05) is 23.7 Å². The highest BCUT2D eigenvalue weighted by atomic mass is 35.5. The standard InChI is InChI=1S/C17H24ClNO2S/c1-4-21-16(20)15-17(2,3)22-12-19(15)11-5-6-13-7-9-14(18)10-8-13/h7-10,15H,4-6,11-12H2,1-3H3. The lowest BCUT2D eigenvalue weighted by molar-refractivity contribution is -0.149. The van der Waals surface area contributed by atoms with Crippen LogP contribution in [0.5, 0.6) is 0 Å². The van der Waals surface area contributed by atoms with Crippen molar-refractivity contribution in [3.05, 3.63) is 34.9 Å². The Morgan fingerprint density at radius 1 is 1.41 bits per heavy atom. The monoisotopic (exact) mass is 341 g/mol. The molecule has 3 nitrogen and oxygen atoms in total. The number of hydrogen-bond acceptors (Lipinski definition) is 4. The summed E-state index contributed by atoms with van der Waals surface area (Å²) < 4.78 is 5.17. The van der Waals surface area contributed by atoms with Crippen LogP contribution < -0.4 is 0 Å². The highest BCUT2D eigenvalue weighted by Crippen LogP contribution is 2.39. The molecule has 22 heavy (non-hydrogen) atoms. The van der Waals surface area contributed by atoms with Crippen molar-refractivity contribution < 1.29 is 9.53 Å². The minimum atomic E-state index is -0.150. The van der Waals surface area contributed by atoms with E-state index in [2.05, 4.69) is 30.9 Å². The topological polar surface area (TPSA) is 29.5 Å². The van der Waals surface area contributed by atoms with Crippen LogP contribution >= 0.6 is 23.4 Å². The maximum Gasteiger partial charge on any atom is 0.324 e. The fourth-order valence-corrected chi connectivity index (χ4v) is 4.13. The summed E-state index contributed by atoms with van der Waals surface area (Å²) in [4.78, 5) is 14.5. The van der Waals surface area contributed by atoms with Gasteiger partial charge in [0.25, 0.3) is 0 Å². The van der Waals surface area contributed by atoms with Crippen molar-refractivity contribution in [1.29, 1.82) is 0 Å². The first-order chi connectivity index (χ1) is 10.4. The minimum absolute atomic E-state index is 0.0907. The Hall–Kier alpha value is -0.710. The Labute approximate surface area is 142 Å². The Bertz CT molecular complexity index is 504. The molecule has 0 spiro atoms. The van der Waals surface area contributed by atoms with Gasteiger partial charge in [0.05, 0.1) is 6.61 Å². The Kier molecular flexibility index (Phi) is 6.18. The lowest BCUT2D eigenvalue weighted by Gasteiger charge is -2.29. The molecule has 1 unspecified atom stereocenters. The van der Waals surface area contributed by atoms with Crippen molar-refractivity contribution in [3.63, 3.8) is 0 Å². The predicted molar refractivity (Wildman–Crippen MR) is 93.4 cm³/mol. The smallest absolute Gasteiger partial charge is 0.324 e. The number of carbonyl (C=O) groups is 1. The fourth-order valence-electron chi connectivity index (χ4n) is 2.83. The normalized spacial score (nSPS) is 21.0. The van der Waals surface area contributed by atoms with Crippen molar-refractivity contribution in [1.82, 2.24) is 4.90 Å². The minimum Gasteiger partial charge on any atom is -0.465 e. The van der Waals surface area contributed by atoms with E-state index >= 15 is 0 Å². The van der Waals surface area contributed by atoms with Crippen LogP contribution in [0.4, 0.5) is 0 Å². The number of benzene rings is 1. The van der Waals surface area contributed by atoms with Gasteiger partial charge < -0.3 is 4.74 Å². The molecule has 1 aliphatic rings. The van der Waals surface area contributed by atoms with E-state index in [0.717, 1.165) is 30.3 Å². The van der Waals surface area contributed by atoms with Crippen LogP contribution in [-0.2, 0) is 16.0 Å². The van der Waals surface area contributed by atoms with Gasteiger partial charge in [-0.25, -0.2) is 0 Å². The van der Waals surface area contributed by atoms with Crippen molar-refractivity contribution in [2.24, 2.45) is 0 Å². The van der Waals surface area contributed by atoms with Gasteiger partial charge >= 0.3 is 5.97 Å². The van der Waals surface area contributed by atoms with E-state index in [1.54, 1.807) is 0 Å². The molecule has 122 valence electrons. The lowest BCUT2D eigenvalue weighted by Crippen LogP contribution is -2.47. The molecular formula is C17H24ClNO2S. The first kappa shape index (κ1) is 17.6. The number of thioether (sulfide) groups is 1. The molecule has 2 rings (SSSR count). The van der Waals surface area contributed by atoms with Crippen LogP contribution in [0.3, 0.4) is 0 Å². The molecule has 1 heterocycles. The van der Waals surface area contributed by atoms with E-state index in [1.807, 2.05) is 30.8 Å². The summed E-state index contributed by atoms with van der Waals surface area (Å²) in [5.41, 5.74) is 1.28. The van der Waals surface area contributed by atoms with Gasteiger partial charge in [0.1, 0.15) is 6.04 Å². The van der Waals surface area contributed by atoms with E-state index in [-0.39, 0.29) is 16.8 Å². The van der Waals surface area contributed by atoms with E-state index < -0.39 is 0 Å². The molecule has 0 N–H and O–H groups in total. The van der Waals surface area contributed by atoms with E-state index in [0.29, 0.717) is 6.61 Å². The van der Waals surface area contributed by atoms with Crippen LogP contribution in [0.25, 0.3) is 0 Å². The molecule has 1 aromatic rings. The second-order valence-electron chi connectivity index (χ2n) is 6.07. The molecule has 1 atom stereocenters. The lowest BCUT2D eigenvalue weighted by atomic mass is 10.0. The van der Waals surface area contributed by atoms with Crippen LogP contribution in [-0.4, -0.2) is 40.7 Å². The van der Waals surface area contributed by atoms with Crippen LogP contribution in [0, 0.1) is 0 Å². The summed E-state index contributed by atoms with van der Waals surface area (Å²) in [6.07, 6.45) is 2.02. The quantitative estimate of drug-likeness (QED) is 0.732. The van der Waals surface area contributed by atoms with Gasteiger partial charge in [0.15, 0.2) is 0 Å². The summed E-state index contributed by atoms with van der Waals surface area (Å²) in [6, 6.07) is 7.82. The number of rotatable bonds is 6. The zero-order valence-electron chi connectivity index (χ0n) is 13.5. The van der Waals surface area contributed by atoms with Gasteiger partial charge in [0, 0.05) is 22.2 Å².